The molecule has 4 nitrogen and oxygen atoms in total. The number of rotatable bonds is 2. The van der Waals surface area contributed by atoms with Crippen molar-refractivity contribution in [3.8, 4) is 11.5 Å². The highest BCUT2D eigenvalue weighted by Crippen LogP contribution is 2.39. The van der Waals surface area contributed by atoms with Crippen molar-refractivity contribution in [1.82, 2.24) is 0 Å². The molecule has 0 spiro atoms. The lowest BCUT2D eigenvalue weighted by atomic mass is 9.85. The highest BCUT2D eigenvalue weighted by atomic mass is 16.7. The Bertz CT molecular complexity index is 432. The molecule has 1 fully saturated rings. The summed E-state index contributed by atoms with van der Waals surface area (Å²) < 4.78 is 16.5. The highest BCUT2D eigenvalue weighted by molar-refractivity contribution is 5.45. The lowest BCUT2D eigenvalue weighted by Crippen LogP contribution is -2.29. The van der Waals surface area contributed by atoms with Gasteiger partial charge in [0.1, 0.15) is 0 Å². The van der Waals surface area contributed by atoms with Gasteiger partial charge in [0.25, 0.3) is 0 Å². The van der Waals surface area contributed by atoms with E-state index in [1.165, 1.54) is 0 Å². The fourth-order valence-electron chi connectivity index (χ4n) is 2.58. The highest BCUT2D eigenvalue weighted by Gasteiger charge is 2.29. The Morgan fingerprint density at radius 1 is 1.28 bits per heavy atom. The smallest absolute Gasteiger partial charge is 0.231 e. The molecular formula is C14H18O4. The first-order valence-corrected chi connectivity index (χ1v) is 6.40. The van der Waals surface area contributed by atoms with Crippen molar-refractivity contribution in [2.24, 2.45) is 11.8 Å². The van der Waals surface area contributed by atoms with Crippen LogP contribution in [-0.2, 0) is 4.74 Å². The molecule has 0 aromatic heterocycles. The van der Waals surface area contributed by atoms with Crippen LogP contribution in [0.5, 0.6) is 11.5 Å². The number of hydrogen-bond donors (Lipinski definition) is 1. The van der Waals surface area contributed by atoms with Crippen LogP contribution in [0.25, 0.3) is 0 Å². The minimum atomic E-state index is 0.0489. The average Bonchev–Trinajstić information content (AvgIpc) is 2.86. The van der Waals surface area contributed by atoms with E-state index in [0.717, 1.165) is 23.5 Å². The zero-order valence-electron chi connectivity index (χ0n) is 10.5. The van der Waals surface area contributed by atoms with Crippen molar-refractivity contribution in [2.75, 3.05) is 20.0 Å². The molecule has 2 aliphatic rings. The summed E-state index contributed by atoms with van der Waals surface area (Å²) in [5, 5.41) is 9.38. The molecule has 1 saturated heterocycles. The van der Waals surface area contributed by atoms with E-state index in [9.17, 15) is 5.11 Å². The zero-order valence-corrected chi connectivity index (χ0v) is 10.5. The molecule has 4 heteroatoms. The number of aliphatic hydroxyl groups is 1. The Morgan fingerprint density at radius 3 is 2.94 bits per heavy atom. The van der Waals surface area contributed by atoms with Gasteiger partial charge in [0, 0.05) is 6.61 Å². The van der Waals surface area contributed by atoms with Crippen molar-refractivity contribution in [2.45, 2.75) is 19.4 Å². The summed E-state index contributed by atoms with van der Waals surface area (Å²) in [6.07, 6.45) is 0.907. The molecule has 0 aliphatic carbocycles. The standard InChI is InChI=1S/C14H18O4/c1-9-7-16-13(5-11(9)6-15)10-2-3-12-14(4-10)18-8-17-12/h2-4,9,11,13,15H,5-8H2,1H3/t9-,11-,13+/m0/s1. The summed E-state index contributed by atoms with van der Waals surface area (Å²) in [5.74, 6) is 2.31. The molecule has 0 bridgehead atoms. The first-order chi connectivity index (χ1) is 8.78. The third-order valence-corrected chi connectivity index (χ3v) is 3.88. The quantitative estimate of drug-likeness (QED) is 0.873. The van der Waals surface area contributed by atoms with Gasteiger partial charge in [-0.3, -0.25) is 0 Å². The summed E-state index contributed by atoms with van der Waals surface area (Å²) >= 11 is 0. The molecule has 3 rings (SSSR count). The van der Waals surface area contributed by atoms with Gasteiger partial charge in [-0.1, -0.05) is 13.0 Å². The van der Waals surface area contributed by atoms with Crippen molar-refractivity contribution in [1.29, 1.82) is 0 Å². The third-order valence-electron chi connectivity index (χ3n) is 3.88. The second-order valence-electron chi connectivity index (χ2n) is 5.09. The molecule has 1 N–H and O–H groups in total. The van der Waals surface area contributed by atoms with Gasteiger partial charge in [-0.25, -0.2) is 0 Å². The molecule has 0 radical (unpaired) electrons. The van der Waals surface area contributed by atoms with Crippen LogP contribution in [0.3, 0.4) is 0 Å². The number of aliphatic hydroxyl groups excluding tert-OH is 1. The minimum absolute atomic E-state index is 0.0489. The number of benzene rings is 1. The lowest BCUT2D eigenvalue weighted by molar-refractivity contribution is -0.0556. The lowest BCUT2D eigenvalue weighted by Gasteiger charge is -2.33. The van der Waals surface area contributed by atoms with Crippen LogP contribution in [0, 0.1) is 11.8 Å². The van der Waals surface area contributed by atoms with E-state index in [0.29, 0.717) is 25.2 Å². The van der Waals surface area contributed by atoms with E-state index >= 15 is 0 Å². The van der Waals surface area contributed by atoms with E-state index in [1.807, 2.05) is 18.2 Å². The number of fused-ring (bicyclic) bond motifs is 1. The number of ether oxygens (including phenoxy) is 3. The Labute approximate surface area is 106 Å². The first-order valence-electron chi connectivity index (χ1n) is 6.40. The maximum absolute atomic E-state index is 9.38. The van der Waals surface area contributed by atoms with Crippen LogP contribution in [0.15, 0.2) is 18.2 Å². The van der Waals surface area contributed by atoms with Gasteiger partial charge < -0.3 is 19.3 Å². The van der Waals surface area contributed by atoms with Crippen LogP contribution in [0.1, 0.15) is 25.0 Å². The topological polar surface area (TPSA) is 47.9 Å². The molecule has 18 heavy (non-hydrogen) atoms. The van der Waals surface area contributed by atoms with Crippen LogP contribution in [0.4, 0.5) is 0 Å². The largest absolute Gasteiger partial charge is 0.454 e. The van der Waals surface area contributed by atoms with E-state index in [4.69, 9.17) is 14.2 Å². The molecular weight excluding hydrogens is 232 g/mol. The van der Waals surface area contributed by atoms with Crippen LogP contribution < -0.4 is 9.47 Å². The Balaban J connectivity index is 1.78. The van der Waals surface area contributed by atoms with Crippen LogP contribution in [0.2, 0.25) is 0 Å². The molecule has 0 unspecified atom stereocenters. The van der Waals surface area contributed by atoms with Gasteiger partial charge in [-0.15, -0.1) is 0 Å². The monoisotopic (exact) mass is 250 g/mol. The van der Waals surface area contributed by atoms with E-state index < -0.39 is 0 Å². The van der Waals surface area contributed by atoms with Gasteiger partial charge in [-0.05, 0) is 36.0 Å². The molecule has 2 heterocycles. The summed E-state index contributed by atoms with van der Waals surface area (Å²) in [6, 6.07) is 5.92. The molecule has 2 aliphatic heterocycles. The van der Waals surface area contributed by atoms with E-state index in [1.54, 1.807) is 0 Å². The SMILES string of the molecule is C[C@H]1CO[C@@H](c2ccc3c(c2)OCO3)C[C@H]1CO. The minimum Gasteiger partial charge on any atom is -0.454 e. The maximum Gasteiger partial charge on any atom is 0.231 e. The van der Waals surface area contributed by atoms with Gasteiger partial charge in [0.05, 0.1) is 12.7 Å². The Hall–Kier alpha value is -1.26. The Morgan fingerprint density at radius 2 is 2.11 bits per heavy atom. The molecule has 1 aromatic carbocycles. The normalized spacial score (nSPS) is 30.4. The van der Waals surface area contributed by atoms with Gasteiger partial charge in [-0.2, -0.15) is 0 Å². The van der Waals surface area contributed by atoms with Gasteiger partial charge >= 0.3 is 0 Å². The predicted molar refractivity (Wildman–Crippen MR) is 65.6 cm³/mol. The van der Waals surface area contributed by atoms with Gasteiger partial charge in [0.2, 0.25) is 6.79 Å². The molecule has 3 atom stereocenters. The molecule has 1 aromatic rings. The Kier molecular flexibility index (Phi) is 3.14. The summed E-state index contributed by atoms with van der Waals surface area (Å²) in [4.78, 5) is 0. The molecule has 98 valence electrons. The van der Waals surface area contributed by atoms with Crippen LogP contribution >= 0.6 is 0 Å². The van der Waals surface area contributed by atoms with Crippen molar-refractivity contribution in [3.05, 3.63) is 23.8 Å². The fourth-order valence-corrected chi connectivity index (χ4v) is 2.58. The van der Waals surface area contributed by atoms with E-state index in [2.05, 4.69) is 6.92 Å². The van der Waals surface area contributed by atoms with Crippen molar-refractivity contribution < 1.29 is 19.3 Å². The molecule has 0 saturated carbocycles. The molecule has 0 amide bonds. The van der Waals surface area contributed by atoms with Crippen molar-refractivity contribution >= 4 is 0 Å². The number of hydrogen-bond acceptors (Lipinski definition) is 4. The second kappa shape index (κ2) is 4.78. The predicted octanol–water partition coefficient (Wildman–Crippen LogP) is 2.12. The summed E-state index contributed by atoms with van der Waals surface area (Å²) in [5.41, 5.74) is 1.10. The zero-order chi connectivity index (χ0) is 12.5. The summed E-state index contributed by atoms with van der Waals surface area (Å²) in [6.45, 7) is 3.34. The average molecular weight is 250 g/mol. The summed E-state index contributed by atoms with van der Waals surface area (Å²) in [7, 11) is 0. The van der Waals surface area contributed by atoms with Gasteiger partial charge in [0.15, 0.2) is 11.5 Å². The first kappa shape index (κ1) is 11.8. The second-order valence-corrected chi connectivity index (χ2v) is 5.09. The van der Waals surface area contributed by atoms with E-state index in [-0.39, 0.29) is 12.7 Å². The maximum atomic E-state index is 9.38. The van der Waals surface area contributed by atoms with Crippen LogP contribution in [-0.4, -0.2) is 25.1 Å². The fraction of sp³-hybridized carbons (Fsp3) is 0.571. The third kappa shape index (κ3) is 2.06. The van der Waals surface area contributed by atoms with Crippen molar-refractivity contribution in [3.63, 3.8) is 0 Å².